The molecule has 0 aliphatic carbocycles. The van der Waals surface area contributed by atoms with Crippen LogP contribution in [0.1, 0.15) is 16.8 Å². The Morgan fingerprint density at radius 2 is 2.19 bits per heavy atom. The molecule has 1 amide bonds. The third-order valence-corrected chi connectivity index (χ3v) is 3.10. The van der Waals surface area contributed by atoms with Crippen LogP contribution in [-0.4, -0.2) is 24.1 Å². The van der Waals surface area contributed by atoms with E-state index in [1.54, 1.807) is 0 Å². The largest absolute Gasteiger partial charge is 0.397 e. The maximum atomic E-state index is 11.9. The minimum Gasteiger partial charge on any atom is -0.397 e. The summed E-state index contributed by atoms with van der Waals surface area (Å²) < 4.78 is 0. The molecular formula is C10H10Cl2N2O2. The van der Waals surface area contributed by atoms with Crippen LogP contribution in [-0.2, 0) is 4.84 Å². The van der Waals surface area contributed by atoms with Gasteiger partial charge in [0.05, 0.1) is 28.9 Å². The fourth-order valence-corrected chi connectivity index (χ4v) is 1.82. The van der Waals surface area contributed by atoms with Crippen LogP contribution in [0.3, 0.4) is 0 Å². The lowest BCUT2D eigenvalue weighted by molar-refractivity contribution is -0.0768. The van der Waals surface area contributed by atoms with Crippen molar-refractivity contribution < 1.29 is 9.63 Å². The average molecular weight is 261 g/mol. The van der Waals surface area contributed by atoms with Gasteiger partial charge in [0.1, 0.15) is 0 Å². The molecule has 1 aliphatic rings. The SMILES string of the molecule is Nc1cc(C(=O)N2CCCO2)cc(Cl)c1Cl. The second-order valence-corrected chi connectivity index (χ2v) is 4.24. The molecule has 86 valence electrons. The van der Waals surface area contributed by atoms with Gasteiger partial charge in [-0.25, -0.2) is 5.06 Å². The van der Waals surface area contributed by atoms with Crippen molar-refractivity contribution >= 4 is 34.8 Å². The van der Waals surface area contributed by atoms with E-state index in [4.69, 9.17) is 33.8 Å². The summed E-state index contributed by atoms with van der Waals surface area (Å²) in [5, 5.41) is 1.84. The van der Waals surface area contributed by atoms with Crippen molar-refractivity contribution in [2.75, 3.05) is 18.9 Å². The van der Waals surface area contributed by atoms with Crippen molar-refractivity contribution in [1.82, 2.24) is 5.06 Å². The van der Waals surface area contributed by atoms with E-state index in [-0.39, 0.29) is 21.6 Å². The van der Waals surface area contributed by atoms with Crippen LogP contribution in [0.25, 0.3) is 0 Å². The number of halogens is 2. The third kappa shape index (κ3) is 2.09. The molecular weight excluding hydrogens is 251 g/mol. The van der Waals surface area contributed by atoms with Gasteiger partial charge >= 0.3 is 0 Å². The van der Waals surface area contributed by atoms with Gasteiger partial charge in [0.25, 0.3) is 5.91 Å². The van der Waals surface area contributed by atoms with E-state index in [2.05, 4.69) is 0 Å². The standard InChI is InChI=1S/C10H10Cl2N2O2/c11-7-4-6(5-8(13)9(7)12)10(15)14-2-1-3-16-14/h4-5H,1-3,13H2. The number of nitrogens with two attached hydrogens (primary N) is 1. The molecule has 0 atom stereocenters. The molecule has 6 heteroatoms. The molecule has 1 heterocycles. The van der Waals surface area contributed by atoms with Crippen LogP contribution in [0.5, 0.6) is 0 Å². The maximum Gasteiger partial charge on any atom is 0.277 e. The van der Waals surface area contributed by atoms with Gasteiger partial charge < -0.3 is 5.73 Å². The van der Waals surface area contributed by atoms with Crippen molar-refractivity contribution in [3.8, 4) is 0 Å². The lowest BCUT2D eigenvalue weighted by Crippen LogP contribution is -2.26. The Hall–Kier alpha value is -0.970. The summed E-state index contributed by atoms with van der Waals surface area (Å²) in [6.07, 6.45) is 0.836. The van der Waals surface area contributed by atoms with E-state index in [0.29, 0.717) is 18.7 Å². The van der Waals surface area contributed by atoms with Gasteiger partial charge in [-0.3, -0.25) is 9.63 Å². The molecule has 16 heavy (non-hydrogen) atoms. The van der Waals surface area contributed by atoms with Crippen molar-refractivity contribution in [2.45, 2.75) is 6.42 Å². The first-order chi connectivity index (χ1) is 7.59. The molecule has 0 spiro atoms. The summed E-state index contributed by atoms with van der Waals surface area (Å²) in [4.78, 5) is 17.1. The van der Waals surface area contributed by atoms with Crippen LogP contribution in [0, 0.1) is 0 Å². The van der Waals surface area contributed by atoms with Crippen molar-refractivity contribution in [2.24, 2.45) is 0 Å². The molecule has 0 aromatic heterocycles. The molecule has 4 nitrogen and oxygen atoms in total. The minimum atomic E-state index is -0.247. The number of carbonyl (C=O) groups excluding carboxylic acids is 1. The fraction of sp³-hybridized carbons (Fsp3) is 0.300. The Balaban J connectivity index is 2.29. The first kappa shape index (κ1) is 11.5. The number of hydrogen-bond donors (Lipinski definition) is 1. The topological polar surface area (TPSA) is 55.6 Å². The number of rotatable bonds is 1. The highest BCUT2D eigenvalue weighted by Gasteiger charge is 2.22. The van der Waals surface area contributed by atoms with Crippen LogP contribution < -0.4 is 5.73 Å². The van der Waals surface area contributed by atoms with Crippen LogP contribution in [0.2, 0.25) is 10.0 Å². The number of anilines is 1. The predicted octanol–water partition coefficient (Wildman–Crippen LogP) is 2.35. The smallest absolute Gasteiger partial charge is 0.277 e. The van der Waals surface area contributed by atoms with Gasteiger partial charge in [0.2, 0.25) is 0 Å². The number of amides is 1. The molecule has 0 saturated carbocycles. The second-order valence-electron chi connectivity index (χ2n) is 3.46. The lowest BCUT2D eigenvalue weighted by Gasteiger charge is -2.14. The molecule has 0 unspecified atom stereocenters. The number of benzene rings is 1. The lowest BCUT2D eigenvalue weighted by atomic mass is 10.2. The summed E-state index contributed by atoms with van der Waals surface area (Å²) in [6.45, 7) is 1.14. The van der Waals surface area contributed by atoms with Gasteiger partial charge in [0, 0.05) is 5.56 Å². The number of hydrogen-bond acceptors (Lipinski definition) is 3. The molecule has 2 N–H and O–H groups in total. The van der Waals surface area contributed by atoms with Gasteiger partial charge in [-0.2, -0.15) is 0 Å². The molecule has 1 saturated heterocycles. The first-order valence-electron chi connectivity index (χ1n) is 4.79. The minimum absolute atomic E-state index is 0.247. The highest BCUT2D eigenvalue weighted by molar-refractivity contribution is 6.43. The Kier molecular flexibility index (Phi) is 3.23. The maximum absolute atomic E-state index is 11.9. The van der Waals surface area contributed by atoms with Crippen molar-refractivity contribution in [3.05, 3.63) is 27.7 Å². The van der Waals surface area contributed by atoms with Crippen LogP contribution in [0.4, 0.5) is 5.69 Å². The number of carbonyl (C=O) groups is 1. The summed E-state index contributed by atoms with van der Waals surface area (Å²) >= 11 is 11.6. The van der Waals surface area contributed by atoms with Gasteiger partial charge in [-0.15, -0.1) is 0 Å². The molecule has 0 bridgehead atoms. The molecule has 1 aromatic carbocycles. The molecule has 2 rings (SSSR count). The van der Waals surface area contributed by atoms with E-state index in [0.717, 1.165) is 6.42 Å². The zero-order valence-corrected chi connectivity index (χ0v) is 9.88. The zero-order chi connectivity index (χ0) is 11.7. The monoisotopic (exact) mass is 260 g/mol. The first-order valence-corrected chi connectivity index (χ1v) is 5.54. The Labute approximate surface area is 103 Å². The highest BCUT2D eigenvalue weighted by Crippen LogP contribution is 2.30. The second kappa shape index (κ2) is 4.49. The van der Waals surface area contributed by atoms with E-state index < -0.39 is 0 Å². The van der Waals surface area contributed by atoms with Crippen LogP contribution in [0.15, 0.2) is 12.1 Å². The Morgan fingerprint density at radius 1 is 1.44 bits per heavy atom. The zero-order valence-electron chi connectivity index (χ0n) is 8.37. The van der Waals surface area contributed by atoms with Crippen LogP contribution >= 0.6 is 23.2 Å². The van der Waals surface area contributed by atoms with E-state index in [1.807, 2.05) is 0 Å². The quantitative estimate of drug-likeness (QED) is 0.789. The predicted molar refractivity (Wildman–Crippen MR) is 62.5 cm³/mol. The van der Waals surface area contributed by atoms with E-state index in [1.165, 1.54) is 17.2 Å². The number of nitrogen functional groups attached to an aromatic ring is 1. The number of nitrogens with zero attached hydrogens (tertiary/aromatic N) is 1. The summed E-state index contributed by atoms with van der Waals surface area (Å²) in [6, 6.07) is 2.99. The molecule has 1 aromatic rings. The van der Waals surface area contributed by atoms with Gasteiger partial charge in [0.15, 0.2) is 0 Å². The van der Waals surface area contributed by atoms with Crippen molar-refractivity contribution in [1.29, 1.82) is 0 Å². The molecule has 1 fully saturated rings. The number of hydroxylamine groups is 2. The summed E-state index contributed by atoms with van der Waals surface area (Å²) in [7, 11) is 0. The highest BCUT2D eigenvalue weighted by atomic mass is 35.5. The Bertz CT molecular complexity index is 408. The van der Waals surface area contributed by atoms with Crippen molar-refractivity contribution in [3.63, 3.8) is 0 Å². The average Bonchev–Trinajstić information content (AvgIpc) is 2.77. The normalized spacial score (nSPS) is 15.5. The Morgan fingerprint density at radius 3 is 2.75 bits per heavy atom. The van der Waals surface area contributed by atoms with Gasteiger partial charge in [-0.1, -0.05) is 23.2 Å². The summed E-state index contributed by atoms with van der Waals surface area (Å²) in [5.41, 5.74) is 6.30. The van der Waals surface area contributed by atoms with E-state index in [9.17, 15) is 4.79 Å². The fourth-order valence-electron chi connectivity index (χ4n) is 1.49. The molecule has 0 radical (unpaired) electrons. The van der Waals surface area contributed by atoms with E-state index >= 15 is 0 Å². The summed E-state index contributed by atoms with van der Waals surface area (Å²) in [5.74, 6) is -0.247. The third-order valence-electron chi connectivity index (χ3n) is 2.28. The molecule has 1 aliphatic heterocycles. The van der Waals surface area contributed by atoms with Gasteiger partial charge in [-0.05, 0) is 18.6 Å².